The highest BCUT2D eigenvalue weighted by Crippen LogP contribution is 2.30. The Morgan fingerprint density at radius 3 is 2.31 bits per heavy atom. The summed E-state index contributed by atoms with van der Waals surface area (Å²) in [5, 5.41) is 2.59. The van der Waals surface area contributed by atoms with Crippen molar-refractivity contribution in [2.45, 2.75) is 13.1 Å². The standard InChI is InChI=1S/C20H15F3N2O4/c1-2-28-19(27)13-5-9-15(10-6-13)24-17(26)16-11-29-18(25-16)12-3-7-14(8-4-12)20(21,22)23/h3-11H,2H2,1H3,(H,24,26). The summed E-state index contributed by atoms with van der Waals surface area (Å²) in [6, 6.07) is 10.3. The fraction of sp³-hybridized carbons (Fsp3) is 0.150. The first kappa shape index (κ1) is 20.1. The number of carbonyl (C=O) groups excluding carboxylic acids is 2. The Hall–Kier alpha value is -3.62. The monoisotopic (exact) mass is 404 g/mol. The number of anilines is 1. The van der Waals surface area contributed by atoms with Crippen LogP contribution in [0, 0.1) is 0 Å². The van der Waals surface area contributed by atoms with Crippen LogP contribution in [-0.4, -0.2) is 23.5 Å². The van der Waals surface area contributed by atoms with Crippen molar-refractivity contribution in [2.75, 3.05) is 11.9 Å². The predicted molar refractivity (Wildman–Crippen MR) is 97.3 cm³/mol. The molecule has 0 aliphatic heterocycles. The Labute approximate surface area is 163 Å². The maximum absolute atomic E-state index is 12.6. The van der Waals surface area contributed by atoms with Crippen LogP contribution in [0.15, 0.2) is 59.2 Å². The summed E-state index contributed by atoms with van der Waals surface area (Å²) >= 11 is 0. The molecule has 29 heavy (non-hydrogen) atoms. The summed E-state index contributed by atoms with van der Waals surface area (Å²) in [6.07, 6.45) is -3.34. The number of esters is 1. The lowest BCUT2D eigenvalue weighted by Crippen LogP contribution is -2.12. The number of hydrogen-bond acceptors (Lipinski definition) is 5. The molecule has 0 saturated carbocycles. The Morgan fingerprint density at radius 2 is 1.72 bits per heavy atom. The Morgan fingerprint density at radius 1 is 1.07 bits per heavy atom. The molecule has 3 aromatic rings. The van der Waals surface area contributed by atoms with Crippen molar-refractivity contribution in [2.24, 2.45) is 0 Å². The van der Waals surface area contributed by atoms with Gasteiger partial charge in [0.25, 0.3) is 5.91 Å². The summed E-state index contributed by atoms with van der Waals surface area (Å²) in [7, 11) is 0. The third kappa shape index (κ3) is 4.81. The maximum Gasteiger partial charge on any atom is 0.416 e. The molecule has 0 aliphatic carbocycles. The van der Waals surface area contributed by atoms with E-state index < -0.39 is 23.6 Å². The second-order valence-electron chi connectivity index (χ2n) is 5.86. The molecule has 6 nitrogen and oxygen atoms in total. The lowest BCUT2D eigenvalue weighted by atomic mass is 10.1. The van der Waals surface area contributed by atoms with Gasteiger partial charge in [-0.2, -0.15) is 13.2 Å². The van der Waals surface area contributed by atoms with Crippen LogP contribution in [0.5, 0.6) is 0 Å². The van der Waals surface area contributed by atoms with Gasteiger partial charge >= 0.3 is 12.1 Å². The maximum atomic E-state index is 12.6. The molecule has 3 rings (SSSR count). The summed E-state index contributed by atoms with van der Waals surface area (Å²) in [6.45, 7) is 1.95. The highest BCUT2D eigenvalue weighted by molar-refractivity contribution is 6.03. The minimum Gasteiger partial charge on any atom is -0.462 e. The van der Waals surface area contributed by atoms with Crippen LogP contribution < -0.4 is 5.32 Å². The summed E-state index contributed by atoms with van der Waals surface area (Å²) in [5.74, 6) is -1.03. The number of ether oxygens (including phenoxy) is 1. The molecule has 2 aromatic carbocycles. The number of oxazole rings is 1. The van der Waals surface area contributed by atoms with Crippen LogP contribution in [0.4, 0.5) is 18.9 Å². The fourth-order valence-electron chi connectivity index (χ4n) is 2.41. The van der Waals surface area contributed by atoms with Gasteiger partial charge in [-0.05, 0) is 55.5 Å². The van der Waals surface area contributed by atoms with Crippen molar-refractivity contribution in [1.29, 1.82) is 0 Å². The average Bonchev–Trinajstić information content (AvgIpc) is 3.18. The number of halogens is 3. The summed E-state index contributed by atoms with van der Waals surface area (Å²) in [4.78, 5) is 27.9. The summed E-state index contributed by atoms with van der Waals surface area (Å²) < 4.78 is 48.0. The molecular weight excluding hydrogens is 389 g/mol. The molecule has 1 amide bonds. The number of nitrogens with zero attached hydrogens (tertiary/aromatic N) is 1. The van der Waals surface area contributed by atoms with Crippen LogP contribution in [0.25, 0.3) is 11.5 Å². The van der Waals surface area contributed by atoms with Gasteiger partial charge in [-0.1, -0.05) is 0 Å². The number of amides is 1. The van der Waals surface area contributed by atoms with Crippen molar-refractivity contribution in [3.63, 3.8) is 0 Å². The Bertz CT molecular complexity index is 1010. The van der Waals surface area contributed by atoms with Gasteiger partial charge in [0, 0.05) is 11.3 Å². The SMILES string of the molecule is CCOC(=O)c1ccc(NC(=O)c2coc(-c3ccc(C(F)(F)F)cc3)n2)cc1. The molecule has 9 heteroatoms. The third-order valence-corrected chi connectivity index (χ3v) is 3.85. The zero-order valence-corrected chi connectivity index (χ0v) is 15.1. The van der Waals surface area contributed by atoms with Crippen molar-refractivity contribution in [3.05, 3.63) is 71.6 Å². The molecule has 1 heterocycles. The number of carbonyl (C=O) groups is 2. The van der Waals surface area contributed by atoms with E-state index in [1.54, 1.807) is 6.92 Å². The van der Waals surface area contributed by atoms with E-state index >= 15 is 0 Å². The molecule has 0 unspecified atom stereocenters. The van der Waals surface area contributed by atoms with E-state index in [2.05, 4.69) is 10.3 Å². The summed E-state index contributed by atoms with van der Waals surface area (Å²) in [5.41, 5.74) is 0.222. The molecule has 1 N–H and O–H groups in total. The van der Waals surface area contributed by atoms with Crippen LogP contribution >= 0.6 is 0 Å². The minimum atomic E-state index is -4.44. The van der Waals surface area contributed by atoms with Crippen molar-refractivity contribution in [3.8, 4) is 11.5 Å². The highest BCUT2D eigenvalue weighted by atomic mass is 19.4. The number of alkyl halides is 3. The molecule has 0 aliphatic rings. The second kappa shape index (κ2) is 8.17. The minimum absolute atomic E-state index is 0.0153. The number of hydrogen-bond donors (Lipinski definition) is 1. The van der Waals surface area contributed by atoms with Crippen LogP contribution in [0.1, 0.15) is 33.3 Å². The van der Waals surface area contributed by atoms with Gasteiger partial charge in [0.05, 0.1) is 17.7 Å². The van der Waals surface area contributed by atoms with E-state index in [4.69, 9.17) is 9.15 Å². The molecule has 1 aromatic heterocycles. The number of rotatable bonds is 5. The molecular formula is C20H15F3N2O4. The van der Waals surface area contributed by atoms with Gasteiger partial charge in [0.2, 0.25) is 5.89 Å². The molecule has 0 radical (unpaired) electrons. The Kier molecular flexibility index (Phi) is 5.67. The first-order chi connectivity index (χ1) is 13.8. The molecule has 0 bridgehead atoms. The largest absolute Gasteiger partial charge is 0.462 e. The van der Waals surface area contributed by atoms with Gasteiger partial charge in [0.15, 0.2) is 5.69 Å². The van der Waals surface area contributed by atoms with Gasteiger partial charge in [0.1, 0.15) is 6.26 Å². The molecule has 150 valence electrons. The van der Waals surface area contributed by atoms with Gasteiger partial charge in [-0.25, -0.2) is 9.78 Å². The van der Waals surface area contributed by atoms with E-state index in [0.717, 1.165) is 18.4 Å². The van der Waals surface area contributed by atoms with Crippen molar-refractivity contribution >= 4 is 17.6 Å². The number of benzene rings is 2. The van der Waals surface area contributed by atoms with E-state index in [1.807, 2.05) is 0 Å². The van der Waals surface area contributed by atoms with Crippen LogP contribution in [0.2, 0.25) is 0 Å². The number of aromatic nitrogens is 1. The first-order valence-corrected chi connectivity index (χ1v) is 8.49. The van der Waals surface area contributed by atoms with E-state index in [1.165, 1.54) is 36.4 Å². The van der Waals surface area contributed by atoms with Crippen molar-refractivity contribution in [1.82, 2.24) is 4.98 Å². The Balaban J connectivity index is 1.68. The zero-order valence-electron chi connectivity index (χ0n) is 15.1. The molecule has 0 saturated heterocycles. The van der Waals surface area contributed by atoms with Crippen molar-refractivity contribution < 1.29 is 31.9 Å². The molecule has 0 fully saturated rings. The van der Waals surface area contributed by atoms with E-state index in [-0.39, 0.29) is 18.2 Å². The van der Waals surface area contributed by atoms with E-state index in [9.17, 15) is 22.8 Å². The van der Waals surface area contributed by atoms with Gasteiger partial charge in [-0.15, -0.1) is 0 Å². The van der Waals surface area contributed by atoms with Crippen LogP contribution in [0.3, 0.4) is 0 Å². The van der Waals surface area contributed by atoms with Gasteiger partial charge in [-0.3, -0.25) is 4.79 Å². The molecule has 0 spiro atoms. The fourth-order valence-corrected chi connectivity index (χ4v) is 2.41. The quantitative estimate of drug-likeness (QED) is 0.619. The third-order valence-electron chi connectivity index (χ3n) is 3.85. The highest BCUT2D eigenvalue weighted by Gasteiger charge is 2.30. The second-order valence-corrected chi connectivity index (χ2v) is 5.86. The normalized spacial score (nSPS) is 11.2. The smallest absolute Gasteiger partial charge is 0.416 e. The predicted octanol–water partition coefficient (Wildman–Crippen LogP) is 4.79. The molecule has 0 atom stereocenters. The average molecular weight is 404 g/mol. The number of nitrogens with one attached hydrogen (secondary N) is 1. The zero-order chi connectivity index (χ0) is 21.0. The van der Waals surface area contributed by atoms with E-state index in [0.29, 0.717) is 16.8 Å². The first-order valence-electron chi connectivity index (χ1n) is 8.49. The lowest BCUT2D eigenvalue weighted by molar-refractivity contribution is -0.137. The topological polar surface area (TPSA) is 81.4 Å². The van der Waals surface area contributed by atoms with Gasteiger partial charge < -0.3 is 14.5 Å². The lowest BCUT2D eigenvalue weighted by Gasteiger charge is -2.06. The van der Waals surface area contributed by atoms with Crippen LogP contribution in [-0.2, 0) is 10.9 Å².